The topological polar surface area (TPSA) is 82.9 Å². The summed E-state index contributed by atoms with van der Waals surface area (Å²) in [5, 5.41) is 10.6. The number of alkyl halides is 3. The zero-order valence-electron chi connectivity index (χ0n) is 16.7. The number of urea groups is 1. The standard InChI is InChI=1S/C19H24F3N7O/c1-27-15(14(7-25-27)19(20,21)22)4-12-5-18(6-12)9-29(10-18)17(30)28-3-2-13(8-28)16-23-11-24-26-16/h7,11-13H,2-6,8-10H2,1H3,(H,23,24,26)/t13-/m0/s1. The zero-order valence-corrected chi connectivity index (χ0v) is 16.7. The van der Waals surface area contributed by atoms with Gasteiger partial charge in [0.2, 0.25) is 0 Å². The van der Waals surface area contributed by atoms with Crippen LogP contribution >= 0.6 is 0 Å². The van der Waals surface area contributed by atoms with Gasteiger partial charge in [0.15, 0.2) is 0 Å². The molecule has 0 unspecified atom stereocenters. The molecule has 3 fully saturated rings. The van der Waals surface area contributed by atoms with Gasteiger partial charge in [0.05, 0.1) is 17.5 Å². The number of amides is 2. The summed E-state index contributed by atoms with van der Waals surface area (Å²) in [5.41, 5.74) is -0.293. The highest BCUT2D eigenvalue weighted by Crippen LogP contribution is 2.53. The average molecular weight is 423 g/mol. The Hall–Kier alpha value is -2.59. The molecule has 4 heterocycles. The number of aryl methyl sites for hydroxylation is 1. The molecule has 1 spiro atoms. The van der Waals surface area contributed by atoms with Crippen molar-refractivity contribution in [1.29, 1.82) is 0 Å². The molecule has 3 aliphatic rings. The number of nitrogens with one attached hydrogen (secondary N) is 1. The van der Waals surface area contributed by atoms with Crippen LogP contribution in [0.4, 0.5) is 18.0 Å². The van der Waals surface area contributed by atoms with Crippen molar-refractivity contribution in [1.82, 2.24) is 34.8 Å². The summed E-state index contributed by atoms with van der Waals surface area (Å²) < 4.78 is 40.8. The van der Waals surface area contributed by atoms with Crippen LogP contribution in [-0.4, -0.2) is 67.0 Å². The van der Waals surface area contributed by atoms with Gasteiger partial charge in [0.1, 0.15) is 12.2 Å². The molecule has 0 radical (unpaired) electrons. The predicted octanol–water partition coefficient (Wildman–Crippen LogP) is 2.42. The summed E-state index contributed by atoms with van der Waals surface area (Å²) >= 11 is 0. The fourth-order valence-corrected chi connectivity index (χ4v) is 5.45. The van der Waals surface area contributed by atoms with Gasteiger partial charge in [-0.15, -0.1) is 0 Å². The lowest BCUT2D eigenvalue weighted by atomic mass is 9.56. The van der Waals surface area contributed by atoms with Crippen LogP contribution in [0.2, 0.25) is 0 Å². The van der Waals surface area contributed by atoms with E-state index in [9.17, 15) is 18.0 Å². The molecule has 30 heavy (non-hydrogen) atoms. The Balaban J connectivity index is 1.12. The number of halogens is 3. The number of hydrogen-bond donors (Lipinski definition) is 1. The van der Waals surface area contributed by atoms with Gasteiger partial charge < -0.3 is 9.80 Å². The third kappa shape index (κ3) is 3.24. The molecule has 8 nitrogen and oxygen atoms in total. The molecule has 2 saturated heterocycles. The summed E-state index contributed by atoms with van der Waals surface area (Å²) in [6.07, 6.45) is 0.995. The number of hydrogen-bond acceptors (Lipinski definition) is 4. The second-order valence-corrected chi connectivity index (χ2v) is 9.05. The second kappa shape index (κ2) is 6.71. The molecule has 2 aromatic rings. The quantitative estimate of drug-likeness (QED) is 0.822. The van der Waals surface area contributed by atoms with E-state index < -0.39 is 11.7 Å². The van der Waals surface area contributed by atoms with E-state index in [1.165, 1.54) is 11.0 Å². The van der Waals surface area contributed by atoms with Gasteiger partial charge in [-0.05, 0) is 31.6 Å². The van der Waals surface area contributed by atoms with E-state index in [2.05, 4.69) is 20.3 Å². The highest BCUT2D eigenvalue weighted by molar-refractivity contribution is 5.76. The zero-order chi connectivity index (χ0) is 21.1. The number of rotatable bonds is 3. The lowest BCUT2D eigenvalue weighted by Gasteiger charge is -2.59. The van der Waals surface area contributed by atoms with Crippen molar-refractivity contribution in [2.75, 3.05) is 26.2 Å². The van der Waals surface area contributed by atoms with Crippen LogP contribution in [0, 0.1) is 11.3 Å². The predicted molar refractivity (Wildman–Crippen MR) is 99.4 cm³/mol. The van der Waals surface area contributed by atoms with E-state index in [0.29, 0.717) is 32.6 Å². The summed E-state index contributed by atoms with van der Waals surface area (Å²) in [6, 6.07) is 0.0529. The van der Waals surface area contributed by atoms with Crippen LogP contribution in [0.5, 0.6) is 0 Å². The normalized spacial score (nSPS) is 23.7. The van der Waals surface area contributed by atoms with Gasteiger partial charge in [0, 0.05) is 44.6 Å². The number of likely N-dealkylation sites (tertiary alicyclic amines) is 2. The van der Waals surface area contributed by atoms with Gasteiger partial charge in [-0.25, -0.2) is 9.78 Å². The van der Waals surface area contributed by atoms with Crippen molar-refractivity contribution in [3.63, 3.8) is 0 Å². The van der Waals surface area contributed by atoms with E-state index in [1.54, 1.807) is 7.05 Å². The Bertz CT molecular complexity index is 925. The number of aromatic nitrogens is 5. The molecule has 2 aromatic heterocycles. The third-order valence-corrected chi connectivity index (χ3v) is 6.89. The molecule has 1 N–H and O–H groups in total. The molecule has 2 aliphatic heterocycles. The van der Waals surface area contributed by atoms with Gasteiger partial charge >= 0.3 is 12.2 Å². The van der Waals surface area contributed by atoms with Gasteiger partial charge in [-0.2, -0.15) is 23.4 Å². The highest BCUT2D eigenvalue weighted by atomic mass is 19.4. The molecular weight excluding hydrogens is 399 g/mol. The molecule has 0 aromatic carbocycles. The monoisotopic (exact) mass is 423 g/mol. The first-order valence-corrected chi connectivity index (χ1v) is 10.2. The van der Waals surface area contributed by atoms with Crippen molar-refractivity contribution >= 4 is 6.03 Å². The Morgan fingerprint density at radius 2 is 2.07 bits per heavy atom. The molecule has 5 rings (SSSR count). The Morgan fingerprint density at radius 1 is 1.30 bits per heavy atom. The minimum Gasteiger partial charge on any atom is -0.324 e. The van der Waals surface area contributed by atoms with Gasteiger partial charge in [0.25, 0.3) is 0 Å². The highest BCUT2D eigenvalue weighted by Gasteiger charge is 2.54. The summed E-state index contributed by atoms with van der Waals surface area (Å²) in [5.74, 6) is 1.23. The maximum atomic E-state index is 13.2. The van der Waals surface area contributed by atoms with Crippen molar-refractivity contribution in [3.05, 3.63) is 29.6 Å². The fraction of sp³-hybridized carbons (Fsp3) is 0.684. The maximum absolute atomic E-state index is 13.2. The minimum atomic E-state index is -4.37. The van der Waals surface area contributed by atoms with Crippen LogP contribution < -0.4 is 0 Å². The van der Waals surface area contributed by atoms with Crippen molar-refractivity contribution in [2.45, 2.75) is 37.8 Å². The van der Waals surface area contributed by atoms with E-state index >= 15 is 0 Å². The number of aromatic amines is 1. The third-order valence-electron chi connectivity index (χ3n) is 6.89. The summed E-state index contributed by atoms with van der Waals surface area (Å²) in [4.78, 5) is 20.7. The molecule has 1 aliphatic carbocycles. The molecule has 0 bridgehead atoms. The van der Waals surface area contributed by atoms with E-state index in [0.717, 1.165) is 31.3 Å². The molecular formula is C19H24F3N7O. The van der Waals surface area contributed by atoms with E-state index in [1.807, 2.05) is 9.80 Å². The first-order valence-electron chi connectivity index (χ1n) is 10.2. The summed E-state index contributed by atoms with van der Waals surface area (Å²) in [6.45, 7) is 2.74. The molecule has 162 valence electrons. The smallest absolute Gasteiger partial charge is 0.324 e. The van der Waals surface area contributed by atoms with Crippen molar-refractivity contribution < 1.29 is 18.0 Å². The summed E-state index contributed by atoms with van der Waals surface area (Å²) in [7, 11) is 1.56. The number of H-pyrrole nitrogens is 1. The maximum Gasteiger partial charge on any atom is 0.419 e. The largest absolute Gasteiger partial charge is 0.419 e. The van der Waals surface area contributed by atoms with Crippen LogP contribution in [0.15, 0.2) is 12.5 Å². The first kappa shape index (κ1) is 19.4. The molecule has 1 saturated carbocycles. The number of carbonyl (C=O) groups is 1. The minimum absolute atomic E-state index is 0.0529. The fourth-order valence-electron chi connectivity index (χ4n) is 5.45. The van der Waals surface area contributed by atoms with Crippen LogP contribution in [0.3, 0.4) is 0 Å². The lowest BCUT2D eigenvalue weighted by molar-refractivity contribution is -0.138. The van der Waals surface area contributed by atoms with Crippen molar-refractivity contribution in [3.8, 4) is 0 Å². The second-order valence-electron chi connectivity index (χ2n) is 9.05. The van der Waals surface area contributed by atoms with Gasteiger partial charge in [-0.3, -0.25) is 9.78 Å². The van der Waals surface area contributed by atoms with Gasteiger partial charge in [-0.1, -0.05) is 0 Å². The van der Waals surface area contributed by atoms with Crippen LogP contribution in [0.25, 0.3) is 0 Å². The van der Waals surface area contributed by atoms with Crippen LogP contribution in [0.1, 0.15) is 42.3 Å². The Labute approximate surface area is 171 Å². The SMILES string of the molecule is Cn1ncc(C(F)(F)F)c1CC1CC2(C1)CN(C(=O)N1CC[C@H](c3ncn[nH]3)C1)C2. The number of nitrogens with zero attached hydrogens (tertiary/aromatic N) is 6. The van der Waals surface area contributed by atoms with E-state index in [-0.39, 0.29) is 29.0 Å². The molecule has 1 atom stereocenters. The van der Waals surface area contributed by atoms with Crippen molar-refractivity contribution in [2.24, 2.45) is 18.4 Å². The molecule has 2 amide bonds. The van der Waals surface area contributed by atoms with E-state index in [4.69, 9.17) is 0 Å². The average Bonchev–Trinajstić information content (AvgIpc) is 3.35. The number of carbonyl (C=O) groups excluding carboxylic acids is 1. The van der Waals surface area contributed by atoms with Crippen LogP contribution in [-0.2, 0) is 19.6 Å². The molecule has 11 heteroatoms. The first-order chi connectivity index (χ1) is 14.2. The lowest BCUT2D eigenvalue weighted by Crippen LogP contribution is -2.65. The Morgan fingerprint density at radius 3 is 2.73 bits per heavy atom. The Kier molecular flexibility index (Phi) is 4.33.